The summed E-state index contributed by atoms with van der Waals surface area (Å²) in [4.78, 5) is 23.9. The van der Waals surface area contributed by atoms with E-state index < -0.39 is 11.7 Å². The fourth-order valence-electron chi connectivity index (χ4n) is 2.37. The van der Waals surface area contributed by atoms with Crippen molar-refractivity contribution in [2.45, 2.75) is 18.6 Å². The number of aromatic nitrogens is 3. The molecule has 2 heterocycles. The van der Waals surface area contributed by atoms with Crippen LogP contribution in [0.4, 0.5) is 10.1 Å². The predicted octanol–water partition coefficient (Wildman–Crippen LogP) is 2.54. The van der Waals surface area contributed by atoms with Gasteiger partial charge in [-0.1, -0.05) is 11.8 Å². The molecule has 0 aliphatic heterocycles. The summed E-state index contributed by atoms with van der Waals surface area (Å²) in [6.45, 7) is 2.38. The van der Waals surface area contributed by atoms with Crippen molar-refractivity contribution in [2.75, 3.05) is 17.6 Å². The summed E-state index contributed by atoms with van der Waals surface area (Å²) in [6.07, 6.45) is 1.56. The van der Waals surface area contributed by atoms with Crippen LogP contribution >= 0.6 is 11.8 Å². The van der Waals surface area contributed by atoms with Crippen LogP contribution < -0.4 is 10.6 Å². The smallest absolute Gasteiger partial charge is 0.243 e. The Morgan fingerprint density at radius 1 is 1.18 bits per heavy atom. The molecule has 3 rings (SSSR count). The molecule has 0 aliphatic rings. The third-order valence-corrected chi connectivity index (χ3v) is 4.65. The van der Waals surface area contributed by atoms with Crippen LogP contribution in [0.3, 0.4) is 0 Å². The first kappa shape index (κ1) is 19.6. The third-order valence-electron chi connectivity index (χ3n) is 3.68. The van der Waals surface area contributed by atoms with Crippen LogP contribution in [0.25, 0.3) is 11.6 Å². The van der Waals surface area contributed by atoms with Gasteiger partial charge in [0.2, 0.25) is 11.8 Å². The maximum Gasteiger partial charge on any atom is 0.243 e. The molecule has 0 spiro atoms. The monoisotopic (exact) mass is 403 g/mol. The molecule has 0 atom stereocenters. The number of hydrogen-bond acceptors (Lipinski definition) is 6. The third kappa shape index (κ3) is 4.97. The van der Waals surface area contributed by atoms with Gasteiger partial charge >= 0.3 is 0 Å². The van der Waals surface area contributed by atoms with Crippen molar-refractivity contribution in [3.05, 3.63) is 48.5 Å². The molecule has 28 heavy (non-hydrogen) atoms. The number of thioether (sulfide) groups is 1. The number of nitrogens with zero attached hydrogens (tertiary/aromatic N) is 3. The van der Waals surface area contributed by atoms with Crippen molar-refractivity contribution >= 4 is 29.3 Å². The molecule has 3 aromatic rings. The Morgan fingerprint density at radius 2 is 1.96 bits per heavy atom. The number of amides is 2. The molecule has 0 saturated carbocycles. The Balaban J connectivity index is 1.48. The Labute approximate surface area is 164 Å². The summed E-state index contributed by atoms with van der Waals surface area (Å²) in [5.41, 5.74) is 0.455. The minimum absolute atomic E-state index is 0.0834. The van der Waals surface area contributed by atoms with Gasteiger partial charge in [-0.15, -0.1) is 10.2 Å². The van der Waals surface area contributed by atoms with E-state index in [1.807, 2.05) is 11.5 Å². The van der Waals surface area contributed by atoms with Crippen LogP contribution in [0.15, 0.2) is 52.2 Å². The lowest BCUT2D eigenvalue weighted by molar-refractivity contribution is -0.122. The Hall–Kier alpha value is -3.14. The molecule has 0 aliphatic carbocycles. The van der Waals surface area contributed by atoms with Crippen LogP contribution in [0.1, 0.15) is 6.92 Å². The van der Waals surface area contributed by atoms with Crippen molar-refractivity contribution in [1.82, 2.24) is 20.1 Å². The average molecular weight is 403 g/mol. The summed E-state index contributed by atoms with van der Waals surface area (Å²) in [6, 6.07) is 8.92. The number of rotatable bonds is 8. The highest BCUT2D eigenvalue weighted by molar-refractivity contribution is 7.99. The van der Waals surface area contributed by atoms with E-state index in [0.29, 0.717) is 29.0 Å². The molecule has 0 saturated heterocycles. The number of carbonyl (C=O) groups excluding carboxylic acids is 2. The summed E-state index contributed by atoms with van der Waals surface area (Å²) in [5, 5.41) is 13.9. The second-order valence-electron chi connectivity index (χ2n) is 5.65. The lowest BCUT2D eigenvalue weighted by Crippen LogP contribution is -2.33. The maximum absolute atomic E-state index is 12.8. The largest absolute Gasteiger partial charge is 0.461 e. The minimum Gasteiger partial charge on any atom is -0.461 e. The number of benzene rings is 1. The highest BCUT2D eigenvalue weighted by Gasteiger charge is 2.16. The molecule has 2 N–H and O–H groups in total. The Bertz CT molecular complexity index is 941. The Morgan fingerprint density at radius 3 is 2.64 bits per heavy atom. The van der Waals surface area contributed by atoms with Gasteiger partial charge < -0.3 is 15.1 Å². The van der Waals surface area contributed by atoms with E-state index in [4.69, 9.17) is 4.42 Å². The molecule has 0 unspecified atom stereocenters. The second-order valence-corrected chi connectivity index (χ2v) is 6.59. The van der Waals surface area contributed by atoms with Gasteiger partial charge in [0.1, 0.15) is 5.82 Å². The molecular weight excluding hydrogens is 385 g/mol. The summed E-state index contributed by atoms with van der Waals surface area (Å²) in [5.74, 6) is 0.169. The normalized spacial score (nSPS) is 10.6. The van der Waals surface area contributed by atoms with Gasteiger partial charge in [0.25, 0.3) is 0 Å². The fourth-order valence-corrected chi connectivity index (χ4v) is 3.20. The van der Waals surface area contributed by atoms with Crippen molar-refractivity contribution < 1.29 is 18.4 Å². The molecule has 0 bridgehead atoms. The van der Waals surface area contributed by atoms with Gasteiger partial charge in [-0.25, -0.2) is 4.39 Å². The average Bonchev–Trinajstić information content (AvgIpc) is 3.35. The summed E-state index contributed by atoms with van der Waals surface area (Å²) in [7, 11) is 0. The number of anilines is 1. The quantitative estimate of drug-likeness (QED) is 0.561. The van der Waals surface area contributed by atoms with E-state index in [0.717, 1.165) is 0 Å². The molecule has 10 heteroatoms. The number of halogens is 1. The zero-order chi connectivity index (χ0) is 19.9. The van der Waals surface area contributed by atoms with E-state index in [1.165, 1.54) is 36.0 Å². The van der Waals surface area contributed by atoms with E-state index in [9.17, 15) is 14.0 Å². The highest BCUT2D eigenvalue weighted by atomic mass is 32.2. The molecule has 1 aromatic carbocycles. The fraction of sp³-hybridized carbons (Fsp3) is 0.222. The lowest BCUT2D eigenvalue weighted by Gasteiger charge is -2.08. The topological polar surface area (TPSA) is 102 Å². The summed E-state index contributed by atoms with van der Waals surface area (Å²) < 4.78 is 20.0. The van der Waals surface area contributed by atoms with E-state index in [1.54, 1.807) is 18.4 Å². The van der Waals surface area contributed by atoms with Gasteiger partial charge in [-0.3, -0.25) is 14.2 Å². The van der Waals surface area contributed by atoms with Gasteiger partial charge in [0.05, 0.1) is 18.6 Å². The lowest BCUT2D eigenvalue weighted by atomic mass is 10.3. The Kier molecular flexibility index (Phi) is 6.43. The van der Waals surface area contributed by atoms with E-state index in [2.05, 4.69) is 20.8 Å². The first-order valence-corrected chi connectivity index (χ1v) is 9.47. The molecule has 8 nitrogen and oxygen atoms in total. The molecule has 2 amide bonds. The van der Waals surface area contributed by atoms with Gasteiger partial charge in [-0.2, -0.15) is 0 Å². The first-order chi connectivity index (χ1) is 13.6. The molecule has 0 fully saturated rings. The van der Waals surface area contributed by atoms with E-state index in [-0.39, 0.29) is 18.2 Å². The van der Waals surface area contributed by atoms with Gasteiger partial charge in [0.15, 0.2) is 16.7 Å². The maximum atomic E-state index is 12.8. The van der Waals surface area contributed by atoms with E-state index >= 15 is 0 Å². The molecular formula is C18H18FN5O3S. The number of furan rings is 1. The highest BCUT2D eigenvalue weighted by Crippen LogP contribution is 2.24. The van der Waals surface area contributed by atoms with Gasteiger partial charge in [0, 0.05) is 12.2 Å². The summed E-state index contributed by atoms with van der Waals surface area (Å²) >= 11 is 1.22. The van der Waals surface area contributed by atoms with Crippen molar-refractivity contribution in [2.24, 2.45) is 0 Å². The number of hydrogen-bond donors (Lipinski definition) is 2. The number of nitrogens with one attached hydrogen (secondary N) is 2. The van der Waals surface area contributed by atoms with Crippen LogP contribution in [-0.4, -0.2) is 38.9 Å². The zero-order valence-electron chi connectivity index (χ0n) is 15.0. The van der Waals surface area contributed by atoms with Crippen molar-refractivity contribution in [1.29, 1.82) is 0 Å². The molecule has 146 valence electrons. The van der Waals surface area contributed by atoms with Crippen molar-refractivity contribution in [3.63, 3.8) is 0 Å². The molecule has 0 radical (unpaired) electrons. The van der Waals surface area contributed by atoms with Crippen LogP contribution in [0.2, 0.25) is 0 Å². The van der Waals surface area contributed by atoms with Crippen LogP contribution in [0, 0.1) is 5.82 Å². The van der Waals surface area contributed by atoms with Crippen LogP contribution in [0.5, 0.6) is 0 Å². The number of carbonyl (C=O) groups is 2. The molecule has 2 aromatic heterocycles. The van der Waals surface area contributed by atoms with Crippen LogP contribution in [-0.2, 0) is 16.1 Å². The predicted molar refractivity (Wildman–Crippen MR) is 102 cm³/mol. The van der Waals surface area contributed by atoms with Gasteiger partial charge in [-0.05, 0) is 43.3 Å². The first-order valence-electron chi connectivity index (χ1n) is 8.48. The second kappa shape index (κ2) is 9.18. The minimum atomic E-state index is -0.401. The zero-order valence-corrected chi connectivity index (χ0v) is 15.8. The standard InChI is InChI=1S/C18H18FN5O3S/c1-2-24-17(14-4-3-9-27-14)22-23-18(24)28-11-16(26)20-10-15(25)21-13-7-5-12(19)6-8-13/h3-9H,2,10-11H2,1H3,(H,20,26)(H,21,25). The SMILES string of the molecule is CCn1c(SCC(=O)NCC(=O)Nc2ccc(F)cc2)nnc1-c1ccco1. The van der Waals surface area contributed by atoms with Crippen molar-refractivity contribution in [3.8, 4) is 11.6 Å².